The molecule has 2 N–H and O–H groups in total. The van der Waals surface area contributed by atoms with Crippen LogP contribution in [0.25, 0.3) is 0 Å². The predicted molar refractivity (Wildman–Crippen MR) is 72.6 cm³/mol. The Kier molecular flexibility index (Phi) is 4.69. The Morgan fingerprint density at radius 3 is 3.10 bits per heavy atom. The molecule has 0 aliphatic carbocycles. The smallest absolute Gasteiger partial charge is 0.245 e. The second-order valence-corrected chi connectivity index (χ2v) is 4.36. The zero-order valence-corrected chi connectivity index (χ0v) is 10.9. The molecule has 1 aliphatic heterocycles. The first-order valence-corrected chi connectivity index (χ1v) is 6.32. The third-order valence-corrected chi connectivity index (χ3v) is 2.85. The third-order valence-electron chi connectivity index (χ3n) is 2.85. The van der Waals surface area contributed by atoms with Crippen LogP contribution in [0.5, 0.6) is 0 Å². The van der Waals surface area contributed by atoms with Gasteiger partial charge in [-0.15, -0.1) is 0 Å². The molecule has 2 amide bonds. The van der Waals surface area contributed by atoms with E-state index >= 15 is 0 Å². The Morgan fingerprint density at radius 2 is 2.40 bits per heavy atom. The number of likely N-dealkylation sites (tertiary alicyclic amines) is 1. The summed E-state index contributed by atoms with van der Waals surface area (Å²) in [5.41, 5.74) is 0.654. The number of anilines is 1. The molecule has 2 heterocycles. The van der Waals surface area contributed by atoms with E-state index in [0.717, 1.165) is 6.42 Å². The van der Waals surface area contributed by atoms with Crippen molar-refractivity contribution >= 4 is 17.6 Å². The highest BCUT2D eigenvalue weighted by Crippen LogP contribution is 2.10. The van der Waals surface area contributed by atoms with E-state index in [1.807, 2.05) is 0 Å². The maximum atomic E-state index is 11.8. The quantitative estimate of drug-likeness (QED) is 0.759. The van der Waals surface area contributed by atoms with Crippen molar-refractivity contribution in [3.63, 3.8) is 0 Å². The highest BCUT2D eigenvalue weighted by molar-refractivity contribution is 5.94. The van der Waals surface area contributed by atoms with Crippen LogP contribution in [-0.2, 0) is 9.59 Å². The van der Waals surface area contributed by atoms with Crippen molar-refractivity contribution in [3.8, 4) is 11.8 Å². The van der Waals surface area contributed by atoms with Gasteiger partial charge in [-0.3, -0.25) is 9.59 Å². The molecule has 1 fully saturated rings. The minimum atomic E-state index is -0.278. The Labute approximate surface area is 116 Å². The number of nitrogens with one attached hydrogen (secondary N) is 1. The van der Waals surface area contributed by atoms with E-state index in [0.29, 0.717) is 24.3 Å². The Hall–Kier alpha value is -2.39. The number of hydrogen-bond acceptors (Lipinski definition) is 4. The summed E-state index contributed by atoms with van der Waals surface area (Å²) in [7, 11) is 0. The van der Waals surface area contributed by atoms with Crippen molar-refractivity contribution in [3.05, 3.63) is 23.9 Å². The number of hydrogen-bond donors (Lipinski definition) is 2. The van der Waals surface area contributed by atoms with Crippen LogP contribution < -0.4 is 5.32 Å². The van der Waals surface area contributed by atoms with Crippen LogP contribution >= 0.6 is 0 Å². The maximum Gasteiger partial charge on any atom is 0.245 e. The van der Waals surface area contributed by atoms with Gasteiger partial charge in [-0.2, -0.15) is 0 Å². The molecule has 1 saturated heterocycles. The molecule has 0 bridgehead atoms. The number of pyridine rings is 1. The van der Waals surface area contributed by atoms with E-state index in [2.05, 4.69) is 22.1 Å². The number of aliphatic hydroxyl groups is 1. The first-order chi connectivity index (χ1) is 9.69. The van der Waals surface area contributed by atoms with Crippen LogP contribution in [0.2, 0.25) is 0 Å². The number of amides is 2. The van der Waals surface area contributed by atoms with Crippen LogP contribution in [0.1, 0.15) is 18.4 Å². The molecule has 6 heteroatoms. The van der Waals surface area contributed by atoms with Crippen LogP contribution in [0.15, 0.2) is 18.3 Å². The standard InChI is InChI=1S/C14H15N3O3/c18-8-2-3-11-5-6-15-12(9-11)16-13(19)10-17-7-1-4-14(17)20/h5-6,9,18H,1,4,7-8,10H2,(H,15,16,19). The van der Waals surface area contributed by atoms with Gasteiger partial charge in [0.1, 0.15) is 12.4 Å². The van der Waals surface area contributed by atoms with Crippen molar-refractivity contribution < 1.29 is 14.7 Å². The first-order valence-electron chi connectivity index (χ1n) is 6.32. The lowest BCUT2D eigenvalue weighted by atomic mass is 10.2. The Bertz CT molecular complexity index is 575. The second kappa shape index (κ2) is 6.68. The summed E-state index contributed by atoms with van der Waals surface area (Å²) >= 11 is 0. The lowest BCUT2D eigenvalue weighted by molar-refractivity contribution is -0.131. The minimum Gasteiger partial charge on any atom is -0.384 e. The van der Waals surface area contributed by atoms with Gasteiger partial charge in [0.15, 0.2) is 0 Å². The van der Waals surface area contributed by atoms with Gasteiger partial charge in [0.2, 0.25) is 11.8 Å². The number of nitrogens with zero attached hydrogens (tertiary/aromatic N) is 2. The number of carbonyl (C=O) groups is 2. The lowest BCUT2D eigenvalue weighted by Gasteiger charge is -2.14. The van der Waals surface area contributed by atoms with Gasteiger partial charge < -0.3 is 15.3 Å². The van der Waals surface area contributed by atoms with E-state index in [1.165, 1.54) is 11.1 Å². The topological polar surface area (TPSA) is 82.5 Å². The molecule has 0 spiro atoms. The molecule has 1 aliphatic rings. The zero-order chi connectivity index (χ0) is 14.4. The molecule has 0 atom stereocenters. The molecule has 1 aromatic heterocycles. The van der Waals surface area contributed by atoms with Gasteiger partial charge in [0, 0.05) is 24.7 Å². The predicted octanol–water partition coefficient (Wildman–Crippen LogP) is -0.0137. The second-order valence-electron chi connectivity index (χ2n) is 4.36. The van der Waals surface area contributed by atoms with E-state index in [-0.39, 0.29) is 25.0 Å². The zero-order valence-electron chi connectivity index (χ0n) is 10.9. The van der Waals surface area contributed by atoms with Crippen molar-refractivity contribution in [1.82, 2.24) is 9.88 Å². The van der Waals surface area contributed by atoms with E-state index < -0.39 is 0 Å². The minimum absolute atomic E-state index is 0.00988. The number of aliphatic hydroxyl groups excluding tert-OH is 1. The van der Waals surface area contributed by atoms with Gasteiger partial charge in [0.05, 0.1) is 6.54 Å². The number of rotatable bonds is 3. The summed E-state index contributed by atoms with van der Waals surface area (Å²) < 4.78 is 0. The van der Waals surface area contributed by atoms with Crippen LogP contribution in [0.3, 0.4) is 0 Å². The van der Waals surface area contributed by atoms with Gasteiger partial charge in [-0.1, -0.05) is 11.8 Å². The largest absolute Gasteiger partial charge is 0.384 e. The van der Waals surface area contributed by atoms with Crippen molar-refractivity contribution in [2.45, 2.75) is 12.8 Å². The van der Waals surface area contributed by atoms with Crippen molar-refractivity contribution in [1.29, 1.82) is 0 Å². The average Bonchev–Trinajstić information content (AvgIpc) is 2.82. The summed E-state index contributed by atoms with van der Waals surface area (Å²) in [6.07, 6.45) is 2.84. The molecular formula is C14H15N3O3. The fourth-order valence-corrected chi connectivity index (χ4v) is 1.95. The highest BCUT2D eigenvalue weighted by Gasteiger charge is 2.22. The van der Waals surface area contributed by atoms with E-state index in [9.17, 15) is 9.59 Å². The summed E-state index contributed by atoms with van der Waals surface area (Å²) in [5.74, 6) is 5.37. The molecule has 0 saturated carbocycles. The SMILES string of the molecule is O=C(CN1CCCC1=O)Nc1cc(C#CCO)ccn1. The van der Waals surface area contributed by atoms with Crippen LogP contribution in [0.4, 0.5) is 5.82 Å². The summed E-state index contributed by atoms with van der Waals surface area (Å²) in [5, 5.41) is 11.3. The monoisotopic (exact) mass is 273 g/mol. The molecular weight excluding hydrogens is 258 g/mol. The molecule has 6 nitrogen and oxygen atoms in total. The third kappa shape index (κ3) is 3.80. The maximum absolute atomic E-state index is 11.8. The molecule has 0 unspecified atom stereocenters. The Balaban J connectivity index is 1.95. The van der Waals surface area contributed by atoms with Gasteiger partial charge in [-0.25, -0.2) is 4.98 Å². The van der Waals surface area contributed by atoms with Gasteiger partial charge in [0.25, 0.3) is 0 Å². The first kappa shape index (κ1) is 14.0. The molecule has 0 aromatic carbocycles. The highest BCUT2D eigenvalue weighted by atomic mass is 16.2. The van der Waals surface area contributed by atoms with Gasteiger partial charge in [-0.05, 0) is 18.6 Å². The molecule has 1 aromatic rings. The van der Waals surface area contributed by atoms with E-state index in [4.69, 9.17) is 5.11 Å². The summed E-state index contributed by atoms with van der Waals surface area (Å²) in [6.45, 7) is 0.454. The molecule has 104 valence electrons. The fourth-order valence-electron chi connectivity index (χ4n) is 1.95. The van der Waals surface area contributed by atoms with Crippen molar-refractivity contribution in [2.24, 2.45) is 0 Å². The summed E-state index contributed by atoms with van der Waals surface area (Å²) in [6, 6.07) is 3.30. The molecule has 2 rings (SSSR count). The lowest BCUT2D eigenvalue weighted by Crippen LogP contribution is -2.34. The van der Waals surface area contributed by atoms with Gasteiger partial charge >= 0.3 is 0 Å². The molecule has 20 heavy (non-hydrogen) atoms. The summed E-state index contributed by atoms with van der Waals surface area (Å²) in [4.78, 5) is 28.8. The Morgan fingerprint density at radius 1 is 1.55 bits per heavy atom. The van der Waals surface area contributed by atoms with Crippen molar-refractivity contribution in [2.75, 3.05) is 25.0 Å². The van der Waals surface area contributed by atoms with E-state index in [1.54, 1.807) is 12.1 Å². The average molecular weight is 273 g/mol. The number of aromatic nitrogens is 1. The van der Waals surface area contributed by atoms with Crippen LogP contribution in [0, 0.1) is 11.8 Å². The fraction of sp³-hybridized carbons (Fsp3) is 0.357. The molecule has 0 radical (unpaired) electrons. The number of carbonyl (C=O) groups excluding carboxylic acids is 2. The van der Waals surface area contributed by atoms with Crippen LogP contribution in [-0.4, -0.2) is 46.5 Å². The normalized spacial score (nSPS) is 13.8.